The summed E-state index contributed by atoms with van der Waals surface area (Å²) in [4.78, 5) is 71.9. The minimum atomic E-state index is -4.15. The van der Waals surface area contributed by atoms with Crippen LogP contribution in [0.15, 0.2) is 30.4 Å². The maximum atomic E-state index is 14.5. The van der Waals surface area contributed by atoms with E-state index in [2.05, 4.69) is 10.0 Å². The van der Waals surface area contributed by atoms with E-state index in [1.54, 1.807) is 12.1 Å². The minimum absolute atomic E-state index is 0.0121. The zero-order valence-electron chi connectivity index (χ0n) is 30.5. The summed E-state index contributed by atoms with van der Waals surface area (Å²) < 4.78 is 55.7. The summed E-state index contributed by atoms with van der Waals surface area (Å²) in [6, 6.07) is 3.45. The van der Waals surface area contributed by atoms with Gasteiger partial charge >= 0.3 is 22.3 Å². The highest BCUT2D eigenvalue weighted by Gasteiger charge is 2.62. The maximum absolute atomic E-state index is 14.5. The molecule has 0 radical (unpaired) electrons. The Morgan fingerprint density at radius 1 is 0.944 bits per heavy atom. The molecule has 2 saturated heterocycles. The highest BCUT2D eigenvalue weighted by molar-refractivity contribution is 7.87. The predicted molar refractivity (Wildman–Crippen MR) is 192 cm³/mol. The van der Waals surface area contributed by atoms with Crippen LogP contribution in [0.5, 0.6) is 0 Å². The fourth-order valence-electron chi connectivity index (χ4n) is 8.67. The molecule has 2 saturated carbocycles. The molecule has 5 atom stereocenters. The van der Waals surface area contributed by atoms with Crippen LogP contribution in [0.4, 0.5) is 9.18 Å². The zero-order valence-corrected chi connectivity index (χ0v) is 31.3. The summed E-state index contributed by atoms with van der Waals surface area (Å²) in [5.41, 5.74) is -0.505. The smallest absolute Gasteiger partial charge is 0.410 e. The molecule has 4 fully saturated rings. The van der Waals surface area contributed by atoms with E-state index in [0.717, 1.165) is 38.5 Å². The molecule has 0 bridgehead atoms. The number of rotatable bonds is 7. The number of hydrogen-bond acceptors (Lipinski definition) is 9. The van der Waals surface area contributed by atoms with Gasteiger partial charge in [-0.05, 0) is 75.8 Å². The van der Waals surface area contributed by atoms with Crippen LogP contribution in [0.2, 0.25) is 0 Å². The highest BCUT2D eigenvalue weighted by atomic mass is 32.2. The summed E-state index contributed by atoms with van der Waals surface area (Å²) in [7, 11) is -4.15. The van der Waals surface area contributed by atoms with Gasteiger partial charge in [0.05, 0.1) is 19.5 Å². The van der Waals surface area contributed by atoms with Gasteiger partial charge in [0.25, 0.3) is 5.91 Å². The molecule has 0 unspecified atom stereocenters. The van der Waals surface area contributed by atoms with E-state index in [9.17, 15) is 36.8 Å². The molecule has 16 heteroatoms. The average molecular weight is 772 g/mol. The van der Waals surface area contributed by atoms with Crippen molar-refractivity contribution in [1.29, 1.82) is 0 Å². The van der Waals surface area contributed by atoms with Gasteiger partial charge in [0, 0.05) is 43.5 Å². The number of esters is 1. The predicted octanol–water partition coefficient (Wildman–Crippen LogP) is 3.59. The van der Waals surface area contributed by atoms with Crippen LogP contribution in [-0.2, 0) is 52.0 Å². The second-order valence-electron chi connectivity index (χ2n) is 15.7. The number of carbonyl (C=O) groups is 5. The third-order valence-electron chi connectivity index (χ3n) is 11.8. The van der Waals surface area contributed by atoms with Crippen LogP contribution in [0.3, 0.4) is 0 Å². The number of hydrogen-bond donors (Lipinski definition) is 2. The maximum Gasteiger partial charge on any atom is 0.410 e. The van der Waals surface area contributed by atoms with Crippen molar-refractivity contribution >= 4 is 40.0 Å². The molecule has 294 valence electrons. The molecule has 54 heavy (non-hydrogen) atoms. The summed E-state index contributed by atoms with van der Waals surface area (Å²) in [6.07, 6.45) is 10.0. The zero-order chi connectivity index (χ0) is 38.0. The van der Waals surface area contributed by atoms with Gasteiger partial charge in [-0.3, -0.25) is 24.1 Å². The third kappa shape index (κ3) is 8.28. The van der Waals surface area contributed by atoms with E-state index < -0.39 is 75.3 Å². The minimum Gasteiger partial charge on any atom is -0.462 e. The first-order valence-corrected chi connectivity index (χ1v) is 20.9. The molecule has 7 rings (SSSR count). The van der Waals surface area contributed by atoms with Gasteiger partial charge in [-0.25, -0.2) is 13.9 Å². The Bertz CT molecular complexity index is 1780. The fraction of sp³-hybridized carbons (Fsp3) is 0.658. The van der Waals surface area contributed by atoms with Crippen molar-refractivity contribution in [2.45, 2.75) is 127 Å². The number of halogens is 1. The van der Waals surface area contributed by atoms with Gasteiger partial charge < -0.3 is 19.7 Å². The largest absolute Gasteiger partial charge is 0.462 e. The molecule has 1 aromatic carbocycles. The number of ether oxygens (including phenoxy) is 2. The second kappa shape index (κ2) is 16.0. The highest BCUT2D eigenvalue weighted by Crippen LogP contribution is 2.46. The van der Waals surface area contributed by atoms with Crippen LogP contribution < -0.4 is 10.0 Å². The van der Waals surface area contributed by atoms with Gasteiger partial charge in [-0.15, -0.1) is 0 Å². The van der Waals surface area contributed by atoms with E-state index in [4.69, 9.17) is 9.47 Å². The number of benzene rings is 1. The number of allylic oxidation sites excluding steroid dienone is 1. The fourth-order valence-corrected chi connectivity index (χ4v) is 9.95. The Labute approximate surface area is 315 Å². The van der Waals surface area contributed by atoms with E-state index in [-0.39, 0.29) is 45.0 Å². The number of nitrogens with zero attached hydrogens (tertiary/aromatic N) is 3. The lowest BCUT2D eigenvalue weighted by atomic mass is 9.95. The van der Waals surface area contributed by atoms with Crippen molar-refractivity contribution in [1.82, 2.24) is 24.1 Å². The molecule has 14 nitrogen and oxygen atoms in total. The summed E-state index contributed by atoms with van der Waals surface area (Å²) in [5, 5.41) is 2.83. The lowest BCUT2D eigenvalue weighted by Crippen LogP contribution is -2.58. The Hall–Kier alpha value is -4.05. The number of nitrogens with one attached hydrogen (secondary N) is 2. The molecule has 6 aliphatic rings. The monoisotopic (exact) mass is 771 g/mol. The van der Waals surface area contributed by atoms with Gasteiger partial charge in [0.1, 0.15) is 29.6 Å². The van der Waals surface area contributed by atoms with Crippen LogP contribution in [-0.4, -0.2) is 95.7 Å². The molecule has 4 amide bonds. The van der Waals surface area contributed by atoms with E-state index >= 15 is 0 Å². The average Bonchev–Trinajstić information content (AvgIpc) is 3.78. The Morgan fingerprint density at radius 2 is 1.70 bits per heavy atom. The first kappa shape index (κ1) is 38.2. The Kier molecular flexibility index (Phi) is 11.3. The number of amides is 4. The standard InChI is InChI=1S/C38H50FN5O9S/c39-31-16-10-12-26-22-42(24-30(26)31)37(49)53-29-20-32-34(46)40-38(36(48)41-54(50,51)43-17-8-9-18-43)21-27(38)13-5-3-1-2-4-11-25(35(47)44(32)23-29)19-33(45)52-28-14-6-7-15-28/h5,10,12-13,16,25,27-29,32H,1-4,6-9,11,14-15,17-24H2,(H,40,46)(H,41,48)/b13-5-/t25-,27-,29-,32+,38-/m1/s1. The lowest BCUT2D eigenvalue weighted by Gasteiger charge is -2.29. The summed E-state index contributed by atoms with van der Waals surface area (Å²) in [5.74, 6) is -4.16. The van der Waals surface area contributed by atoms with Crippen molar-refractivity contribution in [2.24, 2.45) is 11.8 Å². The van der Waals surface area contributed by atoms with Crippen molar-refractivity contribution in [3.8, 4) is 0 Å². The molecule has 0 aromatic heterocycles. The van der Waals surface area contributed by atoms with Gasteiger partial charge in [-0.2, -0.15) is 12.7 Å². The molecule has 1 aromatic rings. The molecule has 4 aliphatic heterocycles. The quantitative estimate of drug-likeness (QED) is 0.311. The summed E-state index contributed by atoms with van der Waals surface area (Å²) in [6.45, 7) is 0.593. The topological polar surface area (TPSA) is 172 Å². The van der Waals surface area contributed by atoms with E-state index in [1.165, 1.54) is 20.2 Å². The van der Waals surface area contributed by atoms with Gasteiger partial charge in [0.2, 0.25) is 11.8 Å². The van der Waals surface area contributed by atoms with Crippen LogP contribution in [0.25, 0.3) is 0 Å². The summed E-state index contributed by atoms with van der Waals surface area (Å²) >= 11 is 0. The molecule has 2 aliphatic carbocycles. The van der Waals surface area contributed by atoms with Gasteiger partial charge in [0.15, 0.2) is 0 Å². The van der Waals surface area contributed by atoms with Crippen molar-refractivity contribution in [2.75, 3.05) is 19.6 Å². The van der Waals surface area contributed by atoms with E-state index in [0.29, 0.717) is 56.3 Å². The van der Waals surface area contributed by atoms with Crippen LogP contribution in [0, 0.1) is 17.7 Å². The first-order chi connectivity index (χ1) is 25.9. The number of carbonyl (C=O) groups excluding carboxylic acids is 5. The third-order valence-corrected chi connectivity index (χ3v) is 13.3. The molecular formula is C38H50FN5O9S. The van der Waals surface area contributed by atoms with Crippen molar-refractivity contribution < 1.29 is 46.3 Å². The SMILES string of the molecule is O=C(C[C@H]1CCCCC/C=C\[C@@H]2C[C@@]2(C(=O)NS(=O)(=O)N2CCCC2)NC(=O)[C@@H]2C[C@@H](OC(=O)N3Cc4cccc(F)c4C3)CN2C1=O)OC1CCCC1. The van der Waals surface area contributed by atoms with Crippen LogP contribution in [0.1, 0.15) is 101 Å². The van der Waals surface area contributed by atoms with Crippen LogP contribution >= 0.6 is 0 Å². The van der Waals surface area contributed by atoms with Crippen molar-refractivity contribution in [3.63, 3.8) is 0 Å². The molecule has 0 spiro atoms. The lowest BCUT2D eigenvalue weighted by molar-refractivity contribution is -0.154. The Balaban J connectivity index is 1.12. The number of fused-ring (bicyclic) bond motifs is 3. The molecule has 4 heterocycles. The Morgan fingerprint density at radius 3 is 2.46 bits per heavy atom. The normalized spacial score (nSPS) is 30.0. The van der Waals surface area contributed by atoms with E-state index in [1.807, 2.05) is 12.2 Å². The van der Waals surface area contributed by atoms with Crippen molar-refractivity contribution in [3.05, 3.63) is 47.3 Å². The molecular weight excluding hydrogens is 722 g/mol. The van der Waals surface area contributed by atoms with Gasteiger partial charge in [-0.1, -0.05) is 37.1 Å². The first-order valence-electron chi connectivity index (χ1n) is 19.5. The second-order valence-corrected chi connectivity index (χ2v) is 17.3. The molecule has 2 N–H and O–H groups in total.